The Morgan fingerprint density at radius 3 is 2.24 bits per heavy atom. The molecule has 0 bridgehead atoms. The predicted molar refractivity (Wildman–Crippen MR) is 78.8 cm³/mol. The van der Waals surface area contributed by atoms with Crippen molar-refractivity contribution >= 4 is 11.9 Å². The van der Waals surface area contributed by atoms with E-state index in [1.807, 2.05) is 0 Å². The van der Waals surface area contributed by atoms with Gasteiger partial charge in [-0.05, 0) is 44.2 Å². The maximum Gasteiger partial charge on any atom is 0.336 e. The molecule has 1 amide bonds. The van der Waals surface area contributed by atoms with E-state index >= 15 is 0 Å². The van der Waals surface area contributed by atoms with Crippen LogP contribution in [-0.4, -0.2) is 36.2 Å². The van der Waals surface area contributed by atoms with Crippen molar-refractivity contribution in [3.63, 3.8) is 0 Å². The lowest BCUT2D eigenvalue weighted by Crippen LogP contribution is -2.49. The number of methoxy groups -OCH3 is 1. The van der Waals surface area contributed by atoms with Crippen LogP contribution in [-0.2, 0) is 4.74 Å². The van der Waals surface area contributed by atoms with Crippen LogP contribution in [0.5, 0.6) is 0 Å². The molecule has 0 atom stereocenters. The monoisotopic (exact) mass is 291 g/mol. The van der Waals surface area contributed by atoms with E-state index < -0.39 is 5.97 Å². The molecule has 1 aromatic rings. The van der Waals surface area contributed by atoms with Crippen LogP contribution in [0.15, 0.2) is 12.1 Å². The summed E-state index contributed by atoms with van der Waals surface area (Å²) in [7, 11) is 1.64. The Morgan fingerprint density at radius 2 is 1.81 bits per heavy atom. The second-order valence-electron chi connectivity index (χ2n) is 5.68. The van der Waals surface area contributed by atoms with Gasteiger partial charge in [0.15, 0.2) is 0 Å². The maximum atomic E-state index is 12.4. The maximum absolute atomic E-state index is 12.4. The Hall–Kier alpha value is -1.88. The molecule has 0 aliphatic heterocycles. The van der Waals surface area contributed by atoms with Crippen LogP contribution >= 0.6 is 0 Å². The van der Waals surface area contributed by atoms with Crippen LogP contribution in [0.3, 0.4) is 0 Å². The number of nitrogens with one attached hydrogen (secondary N) is 1. The van der Waals surface area contributed by atoms with E-state index in [9.17, 15) is 14.7 Å². The normalized spacial score (nSPS) is 16.1. The molecule has 0 saturated heterocycles. The highest BCUT2D eigenvalue weighted by atomic mass is 16.5. The third-order valence-corrected chi connectivity index (χ3v) is 4.33. The van der Waals surface area contributed by atoms with Gasteiger partial charge in [-0.15, -0.1) is 0 Å². The lowest BCUT2D eigenvalue weighted by atomic mass is 9.80. The fourth-order valence-electron chi connectivity index (χ4n) is 2.73. The van der Waals surface area contributed by atoms with E-state index in [0.717, 1.165) is 19.3 Å². The topological polar surface area (TPSA) is 75.6 Å². The third-order valence-electron chi connectivity index (χ3n) is 4.33. The summed E-state index contributed by atoms with van der Waals surface area (Å²) in [5, 5.41) is 12.2. The highest BCUT2D eigenvalue weighted by molar-refractivity contribution is 6.06. The fourth-order valence-corrected chi connectivity index (χ4v) is 2.73. The van der Waals surface area contributed by atoms with Gasteiger partial charge in [-0.2, -0.15) is 0 Å². The molecule has 0 spiro atoms. The molecule has 1 aliphatic carbocycles. The molecule has 114 valence electrons. The van der Waals surface area contributed by atoms with Gasteiger partial charge in [-0.3, -0.25) is 4.79 Å². The zero-order chi connectivity index (χ0) is 15.6. The lowest BCUT2D eigenvalue weighted by molar-refractivity contribution is -0.0679. The number of hydrogen-bond acceptors (Lipinski definition) is 3. The highest BCUT2D eigenvalue weighted by Crippen LogP contribution is 2.34. The molecular formula is C16H21NO4. The third kappa shape index (κ3) is 2.93. The van der Waals surface area contributed by atoms with Gasteiger partial charge in [0.1, 0.15) is 0 Å². The Labute approximate surface area is 124 Å². The highest BCUT2D eigenvalue weighted by Gasteiger charge is 2.37. The van der Waals surface area contributed by atoms with Gasteiger partial charge in [-0.25, -0.2) is 4.79 Å². The van der Waals surface area contributed by atoms with Crippen molar-refractivity contribution in [3.05, 3.63) is 34.4 Å². The number of carboxylic acid groups (broad SMARTS) is 1. The summed E-state index contributed by atoms with van der Waals surface area (Å²) in [6.45, 7) is 3.85. The minimum absolute atomic E-state index is 0.0765. The number of benzene rings is 1. The molecule has 2 rings (SSSR count). The van der Waals surface area contributed by atoms with Crippen molar-refractivity contribution in [2.24, 2.45) is 0 Å². The van der Waals surface area contributed by atoms with Crippen molar-refractivity contribution in [2.45, 2.75) is 38.7 Å². The number of hydrogen-bond donors (Lipinski definition) is 2. The molecule has 0 radical (unpaired) electrons. The average Bonchev–Trinajstić information content (AvgIpc) is 2.39. The van der Waals surface area contributed by atoms with Crippen LogP contribution in [0.2, 0.25) is 0 Å². The van der Waals surface area contributed by atoms with Gasteiger partial charge < -0.3 is 15.2 Å². The summed E-state index contributed by atoms with van der Waals surface area (Å²) in [5.41, 5.74) is 1.29. The van der Waals surface area contributed by atoms with Gasteiger partial charge in [0.2, 0.25) is 0 Å². The summed E-state index contributed by atoms with van der Waals surface area (Å²) < 4.78 is 5.46. The van der Waals surface area contributed by atoms with Crippen LogP contribution in [0.25, 0.3) is 0 Å². The fraction of sp³-hybridized carbons (Fsp3) is 0.500. The molecule has 21 heavy (non-hydrogen) atoms. The number of carbonyl (C=O) groups excluding carboxylic acids is 1. The van der Waals surface area contributed by atoms with E-state index in [-0.39, 0.29) is 22.6 Å². The standard InChI is InChI=1S/C16H21NO4/c1-10-5-6-11(2)13(15(19)20)12(10)14(18)17-9-16(21-3)7-4-8-16/h5-6H,4,7-9H2,1-3H3,(H,17,18)(H,19,20). The number of aromatic carboxylic acids is 1. The molecule has 0 heterocycles. The second-order valence-corrected chi connectivity index (χ2v) is 5.68. The summed E-state index contributed by atoms with van der Waals surface area (Å²) in [6.07, 6.45) is 2.93. The number of ether oxygens (including phenoxy) is 1. The average molecular weight is 291 g/mol. The zero-order valence-corrected chi connectivity index (χ0v) is 12.7. The Bertz CT molecular complexity index is 570. The first-order valence-corrected chi connectivity index (χ1v) is 7.07. The molecule has 1 fully saturated rings. The SMILES string of the molecule is COC1(CNC(=O)c2c(C)ccc(C)c2C(=O)O)CCC1. The van der Waals surface area contributed by atoms with E-state index in [0.29, 0.717) is 17.7 Å². The van der Waals surface area contributed by atoms with Crippen LogP contribution < -0.4 is 5.32 Å². The van der Waals surface area contributed by atoms with Gasteiger partial charge >= 0.3 is 5.97 Å². The van der Waals surface area contributed by atoms with Crippen LogP contribution in [0.4, 0.5) is 0 Å². The zero-order valence-electron chi connectivity index (χ0n) is 12.7. The molecule has 5 nitrogen and oxygen atoms in total. The Kier molecular flexibility index (Phi) is 4.32. The first-order chi connectivity index (χ1) is 9.90. The summed E-state index contributed by atoms with van der Waals surface area (Å²) in [4.78, 5) is 23.8. The number of carboxylic acids is 1. The van der Waals surface area contributed by atoms with E-state index in [1.54, 1.807) is 33.1 Å². The molecule has 1 saturated carbocycles. The minimum atomic E-state index is -1.08. The Balaban J connectivity index is 2.23. The van der Waals surface area contributed by atoms with Crippen LogP contribution in [0, 0.1) is 13.8 Å². The number of rotatable bonds is 5. The number of amides is 1. The summed E-state index contributed by atoms with van der Waals surface area (Å²) >= 11 is 0. The number of aryl methyl sites for hydroxylation is 2. The summed E-state index contributed by atoms with van der Waals surface area (Å²) in [5.74, 6) is -1.43. The molecule has 0 unspecified atom stereocenters. The first-order valence-electron chi connectivity index (χ1n) is 7.07. The predicted octanol–water partition coefficient (Wildman–Crippen LogP) is 2.30. The molecule has 5 heteroatoms. The molecular weight excluding hydrogens is 270 g/mol. The molecule has 1 aliphatic rings. The van der Waals surface area contributed by atoms with E-state index in [1.165, 1.54) is 0 Å². The minimum Gasteiger partial charge on any atom is -0.478 e. The molecule has 0 aromatic heterocycles. The molecule has 2 N–H and O–H groups in total. The largest absolute Gasteiger partial charge is 0.478 e. The quantitative estimate of drug-likeness (QED) is 0.873. The van der Waals surface area contributed by atoms with Gasteiger partial charge in [0.25, 0.3) is 5.91 Å². The lowest BCUT2D eigenvalue weighted by Gasteiger charge is -2.40. The summed E-state index contributed by atoms with van der Waals surface area (Å²) in [6, 6.07) is 3.49. The Morgan fingerprint density at radius 1 is 1.24 bits per heavy atom. The second kappa shape index (κ2) is 5.85. The van der Waals surface area contributed by atoms with Gasteiger partial charge in [0.05, 0.1) is 16.7 Å². The number of carbonyl (C=O) groups is 2. The van der Waals surface area contributed by atoms with Crippen molar-refractivity contribution in [1.29, 1.82) is 0 Å². The first kappa shape index (κ1) is 15.5. The van der Waals surface area contributed by atoms with Gasteiger partial charge in [-0.1, -0.05) is 12.1 Å². The van der Waals surface area contributed by atoms with Crippen molar-refractivity contribution in [2.75, 3.05) is 13.7 Å². The van der Waals surface area contributed by atoms with Gasteiger partial charge in [0, 0.05) is 13.7 Å². The van der Waals surface area contributed by atoms with Crippen molar-refractivity contribution < 1.29 is 19.4 Å². The van der Waals surface area contributed by atoms with Crippen molar-refractivity contribution in [1.82, 2.24) is 5.32 Å². The van der Waals surface area contributed by atoms with E-state index in [2.05, 4.69) is 5.32 Å². The van der Waals surface area contributed by atoms with E-state index in [4.69, 9.17) is 4.74 Å². The van der Waals surface area contributed by atoms with Crippen molar-refractivity contribution in [3.8, 4) is 0 Å². The smallest absolute Gasteiger partial charge is 0.336 e. The molecule has 1 aromatic carbocycles. The van der Waals surface area contributed by atoms with Crippen LogP contribution in [0.1, 0.15) is 51.1 Å².